The van der Waals surface area contributed by atoms with Crippen LogP contribution in [-0.4, -0.2) is 23.9 Å². The molecule has 2 fully saturated rings. The highest BCUT2D eigenvalue weighted by Crippen LogP contribution is 2.64. The molecule has 0 amide bonds. The molecule has 3 heteroatoms. The van der Waals surface area contributed by atoms with E-state index in [4.69, 9.17) is 0 Å². The smallest absolute Gasteiger partial charge is 0.115 e. The van der Waals surface area contributed by atoms with Gasteiger partial charge in [0.2, 0.25) is 0 Å². The zero-order valence-electron chi connectivity index (χ0n) is 16.8. The summed E-state index contributed by atoms with van der Waals surface area (Å²) in [5.74, 6) is 2.30. The maximum Gasteiger partial charge on any atom is 0.115 e. The van der Waals surface area contributed by atoms with Crippen LogP contribution in [0.3, 0.4) is 0 Å². The first kappa shape index (κ1) is 18.3. The Hall–Kier alpha value is -1.06. The first-order chi connectivity index (χ1) is 12.1. The molecule has 26 heavy (non-hydrogen) atoms. The van der Waals surface area contributed by atoms with Gasteiger partial charge in [0, 0.05) is 5.41 Å². The van der Waals surface area contributed by atoms with Gasteiger partial charge in [-0.05, 0) is 79.5 Å². The molecule has 0 heterocycles. The molecule has 0 bridgehead atoms. The fraction of sp³-hybridized carbons (Fsp3) is 0.652. The lowest BCUT2D eigenvalue weighted by atomic mass is 9.53. The van der Waals surface area contributed by atoms with E-state index in [1.807, 2.05) is 12.1 Å². The highest BCUT2D eigenvalue weighted by Gasteiger charge is 2.60. The molecule has 2 N–H and O–H groups in total. The number of fused-ring (bicyclic) bond motifs is 5. The highest BCUT2D eigenvalue weighted by molar-refractivity contribution is 6.80. The normalized spacial score (nSPS) is 39.5. The third kappa shape index (κ3) is 2.79. The van der Waals surface area contributed by atoms with Gasteiger partial charge in [-0.25, -0.2) is 0 Å². The molecule has 142 valence electrons. The van der Waals surface area contributed by atoms with E-state index in [0.29, 0.717) is 23.5 Å². The van der Waals surface area contributed by atoms with E-state index >= 15 is 0 Å². The van der Waals surface area contributed by atoms with Gasteiger partial charge in [-0.1, -0.05) is 44.4 Å². The number of hydrogen-bond acceptors (Lipinski definition) is 2. The maximum absolute atomic E-state index is 11.6. The Labute approximate surface area is 159 Å². The second kappa shape index (κ2) is 5.97. The van der Waals surface area contributed by atoms with Crippen molar-refractivity contribution < 1.29 is 10.2 Å². The minimum absolute atomic E-state index is 0.0126. The minimum Gasteiger partial charge on any atom is -0.508 e. The zero-order valence-corrected chi connectivity index (χ0v) is 17.8. The third-order valence-corrected chi connectivity index (χ3v) is 8.95. The van der Waals surface area contributed by atoms with Crippen LogP contribution in [0.1, 0.15) is 56.1 Å². The van der Waals surface area contributed by atoms with E-state index in [2.05, 4.69) is 44.4 Å². The van der Waals surface area contributed by atoms with Crippen LogP contribution in [0.5, 0.6) is 5.75 Å². The standard InChI is InChI=1S/C23H34O2Si/c1-22-11-9-19-18-8-6-17(24)15-16(18)5-7-20(19)21(22)10-12-23(22,25)13-14-26(2,3)4/h6,8,13-15,19-21,24-25H,5,7,9-12H2,1-4H3/b14-13-/t19-,20-,21+,22+,23-/m1/s1. The van der Waals surface area contributed by atoms with Crippen LogP contribution in [0.15, 0.2) is 30.0 Å². The van der Waals surface area contributed by atoms with Gasteiger partial charge in [0.15, 0.2) is 0 Å². The van der Waals surface area contributed by atoms with E-state index in [1.165, 1.54) is 24.0 Å². The van der Waals surface area contributed by atoms with Crippen molar-refractivity contribution in [1.29, 1.82) is 0 Å². The molecule has 0 radical (unpaired) electrons. The van der Waals surface area contributed by atoms with Crippen LogP contribution in [0.4, 0.5) is 0 Å². The summed E-state index contributed by atoms with van der Waals surface area (Å²) in [7, 11) is -1.31. The minimum atomic E-state index is -1.31. The molecule has 3 aliphatic rings. The summed E-state index contributed by atoms with van der Waals surface area (Å²) >= 11 is 0. The summed E-state index contributed by atoms with van der Waals surface area (Å²) in [6.07, 6.45) is 8.81. The predicted octanol–water partition coefficient (Wildman–Crippen LogP) is 5.41. The molecule has 0 saturated heterocycles. The van der Waals surface area contributed by atoms with Crippen LogP contribution in [-0.2, 0) is 6.42 Å². The second-order valence-electron chi connectivity index (χ2n) is 10.4. The predicted molar refractivity (Wildman–Crippen MR) is 110 cm³/mol. The van der Waals surface area contributed by atoms with Gasteiger partial charge >= 0.3 is 0 Å². The molecule has 1 aromatic rings. The topological polar surface area (TPSA) is 40.5 Å². The molecule has 5 atom stereocenters. The number of aliphatic hydroxyl groups is 1. The SMILES string of the molecule is C[C@]12CC[C@@H]3c4ccc(O)cc4CC[C@H]3[C@@H]1CC[C@@]2(O)/C=C\[Si](C)(C)C. The molecule has 3 aliphatic carbocycles. The molecular formula is C23H34O2Si. The van der Waals surface area contributed by atoms with Crippen molar-refractivity contribution in [3.63, 3.8) is 0 Å². The lowest BCUT2D eigenvalue weighted by Crippen LogP contribution is -2.50. The van der Waals surface area contributed by atoms with Gasteiger partial charge in [0.1, 0.15) is 5.75 Å². The van der Waals surface area contributed by atoms with Crippen molar-refractivity contribution in [3.05, 3.63) is 41.1 Å². The van der Waals surface area contributed by atoms with Gasteiger partial charge in [0.05, 0.1) is 13.7 Å². The molecule has 0 spiro atoms. The Morgan fingerprint density at radius 1 is 1.12 bits per heavy atom. The van der Waals surface area contributed by atoms with Gasteiger partial charge in [-0.15, -0.1) is 0 Å². The highest BCUT2D eigenvalue weighted by atomic mass is 28.3. The molecular weight excluding hydrogens is 336 g/mol. The number of phenolic OH excluding ortho intramolecular Hbond substituents is 1. The maximum atomic E-state index is 11.6. The number of aryl methyl sites for hydroxylation is 1. The fourth-order valence-corrected chi connectivity index (χ4v) is 7.06. The average molecular weight is 371 g/mol. The number of hydrogen-bond donors (Lipinski definition) is 2. The zero-order chi connectivity index (χ0) is 18.7. The third-order valence-electron chi connectivity index (χ3n) is 7.78. The number of benzene rings is 1. The van der Waals surface area contributed by atoms with Crippen LogP contribution in [0.25, 0.3) is 0 Å². The summed E-state index contributed by atoms with van der Waals surface area (Å²) in [6, 6.07) is 5.99. The molecule has 1 aromatic carbocycles. The number of aromatic hydroxyl groups is 1. The Morgan fingerprint density at radius 3 is 2.62 bits per heavy atom. The van der Waals surface area contributed by atoms with Crippen molar-refractivity contribution in [2.75, 3.05) is 0 Å². The summed E-state index contributed by atoms with van der Waals surface area (Å²) < 4.78 is 0. The Bertz CT molecular complexity index is 734. The number of rotatable bonds is 2. The first-order valence-electron chi connectivity index (χ1n) is 10.4. The quantitative estimate of drug-likeness (QED) is 0.683. The molecule has 2 nitrogen and oxygen atoms in total. The summed E-state index contributed by atoms with van der Waals surface area (Å²) in [6.45, 7) is 9.38. The van der Waals surface area contributed by atoms with Crippen LogP contribution < -0.4 is 0 Å². The van der Waals surface area contributed by atoms with Crippen molar-refractivity contribution in [2.24, 2.45) is 17.3 Å². The molecule has 0 aromatic heterocycles. The molecule has 0 unspecified atom stereocenters. The lowest BCUT2D eigenvalue weighted by molar-refractivity contribution is -0.0709. The van der Waals surface area contributed by atoms with Crippen LogP contribution in [0.2, 0.25) is 19.6 Å². The monoisotopic (exact) mass is 370 g/mol. The van der Waals surface area contributed by atoms with E-state index < -0.39 is 13.7 Å². The largest absolute Gasteiger partial charge is 0.508 e. The lowest BCUT2D eigenvalue weighted by Gasteiger charge is -2.52. The van der Waals surface area contributed by atoms with Crippen molar-refractivity contribution >= 4 is 8.07 Å². The summed E-state index contributed by atoms with van der Waals surface area (Å²) in [5, 5.41) is 21.5. The average Bonchev–Trinajstić information content (AvgIpc) is 2.84. The van der Waals surface area contributed by atoms with E-state index in [1.54, 1.807) is 0 Å². The Kier molecular flexibility index (Phi) is 4.20. The van der Waals surface area contributed by atoms with Gasteiger partial charge in [0.25, 0.3) is 0 Å². The molecule has 4 rings (SSSR count). The van der Waals surface area contributed by atoms with Crippen LogP contribution >= 0.6 is 0 Å². The van der Waals surface area contributed by atoms with Crippen molar-refractivity contribution in [2.45, 2.75) is 76.6 Å². The van der Waals surface area contributed by atoms with Gasteiger partial charge in [-0.2, -0.15) is 0 Å². The van der Waals surface area contributed by atoms with E-state index in [9.17, 15) is 10.2 Å². The van der Waals surface area contributed by atoms with Crippen molar-refractivity contribution in [1.82, 2.24) is 0 Å². The summed E-state index contributed by atoms with van der Waals surface area (Å²) in [4.78, 5) is 0. The van der Waals surface area contributed by atoms with Gasteiger partial charge < -0.3 is 10.2 Å². The Balaban J connectivity index is 1.65. The number of phenols is 1. The summed E-state index contributed by atoms with van der Waals surface area (Å²) in [5.41, 5.74) is 4.55. The van der Waals surface area contributed by atoms with Crippen molar-refractivity contribution in [3.8, 4) is 5.75 Å². The fourth-order valence-electron chi connectivity index (χ4n) is 6.28. The first-order valence-corrected chi connectivity index (χ1v) is 14.0. The van der Waals surface area contributed by atoms with E-state index in [-0.39, 0.29) is 5.41 Å². The van der Waals surface area contributed by atoms with Crippen LogP contribution in [0, 0.1) is 17.3 Å². The Morgan fingerprint density at radius 2 is 1.88 bits per heavy atom. The van der Waals surface area contributed by atoms with Gasteiger partial charge in [-0.3, -0.25) is 0 Å². The molecule has 0 aliphatic heterocycles. The molecule has 2 saturated carbocycles. The second-order valence-corrected chi connectivity index (χ2v) is 15.5. The van der Waals surface area contributed by atoms with E-state index in [0.717, 1.165) is 25.7 Å².